The summed E-state index contributed by atoms with van der Waals surface area (Å²) in [6, 6.07) is 0. The van der Waals surface area contributed by atoms with Gasteiger partial charge in [0, 0.05) is 42.9 Å². The lowest BCUT2D eigenvalue weighted by atomic mass is 9.61. The van der Waals surface area contributed by atoms with E-state index in [1.807, 2.05) is 0 Å². The van der Waals surface area contributed by atoms with Crippen LogP contribution in [0.1, 0.15) is 57.2 Å². The Kier molecular flexibility index (Phi) is 12.1. The Labute approximate surface area is 244 Å². The summed E-state index contributed by atoms with van der Waals surface area (Å²) in [5.41, 5.74) is 3.83. The topological polar surface area (TPSA) is 96.1 Å². The van der Waals surface area contributed by atoms with Crippen molar-refractivity contribution >= 4 is 23.5 Å². The number of benzene rings is 1. The normalized spacial score (nSPS) is 25.8. The maximum absolute atomic E-state index is 11.0. The Morgan fingerprint density at radius 1 is 1.27 bits per heavy atom. The van der Waals surface area contributed by atoms with Crippen LogP contribution in [0, 0.1) is 24.2 Å². The molecule has 2 N–H and O–H groups in total. The predicted molar refractivity (Wildman–Crippen MR) is 162 cm³/mol. The first-order valence-electron chi connectivity index (χ1n) is 14.2. The van der Waals surface area contributed by atoms with Crippen LogP contribution in [0.2, 0.25) is 5.02 Å². The summed E-state index contributed by atoms with van der Waals surface area (Å²) < 4.78 is 11.0. The number of methoxy groups -OCH3 is 1. The lowest BCUT2D eigenvalue weighted by Gasteiger charge is -2.43. The first-order valence-corrected chi connectivity index (χ1v) is 14.5. The number of halogens is 1. The number of rotatable bonds is 11. The van der Waals surface area contributed by atoms with Gasteiger partial charge in [0.15, 0.2) is 0 Å². The molecular formula is C31H46ClN3O5. The average Bonchev–Trinajstić information content (AvgIpc) is 2.96. The monoisotopic (exact) mass is 575 g/mol. The van der Waals surface area contributed by atoms with Crippen LogP contribution in [-0.4, -0.2) is 80.3 Å². The first kappa shape index (κ1) is 32.1. The van der Waals surface area contributed by atoms with E-state index < -0.39 is 0 Å². The fourth-order valence-electron chi connectivity index (χ4n) is 5.44. The second kappa shape index (κ2) is 15.0. The average molecular weight is 576 g/mol. The van der Waals surface area contributed by atoms with E-state index in [0.29, 0.717) is 46.4 Å². The van der Waals surface area contributed by atoms with Gasteiger partial charge in [0.05, 0.1) is 31.1 Å². The molecule has 1 aliphatic heterocycles. The van der Waals surface area contributed by atoms with Crippen LogP contribution in [-0.2, 0) is 16.0 Å². The molecule has 9 heteroatoms. The van der Waals surface area contributed by atoms with Crippen LogP contribution >= 0.6 is 11.6 Å². The van der Waals surface area contributed by atoms with Crippen molar-refractivity contribution in [2.24, 2.45) is 27.4 Å². The SMILES string of the molecule is COc1c(Cl)c(C)c(/C=N/CO)c(O)c1C/C=C(C)/C=C/[C@@]1(C)[C@H](C)CC/C(=N\OCCN2CCOCC2)[C@@H]1C. The third-order valence-corrected chi connectivity index (χ3v) is 9.15. The Morgan fingerprint density at radius 3 is 2.67 bits per heavy atom. The van der Waals surface area contributed by atoms with E-state index in [2.05, 4.69) is 61.0 Å². The van der Waals surface area contributed by atoms with Crippen LogP contribution < -0.4 is 4.74 Å². The molecule has 0 amide bonds. The Morgan fingerprint density at radius 2 is 2.00 bits per heavy atom. The number of morpholine rings is 1. The number of aliphatic imine (C=N–C) groups is 1. The summed E-state index contributed by atoms with van der Waals surface area (Å²) in [7, 11) is 1.54. The van der Waals surface area contributed by atoms with Crippen molar-refractivity contribution in [2.45, 2.75) is 53.9 Å². The van der Waals surface area contributed by atoms with Gasteiger partial charge in [-0.2, -0.15) is 0 Å². The lowest BCUT2D eigenvalue weighted by molar-refractivity contribution is 0.0206. The van der Waals surface area contributed by atoms with Gasteiger partial charge in [0.25, 0.3) is 0 Å². The summed E-state index contributed by atoms with van der Waals surface area (Å²) in [5.74, 6) is 1.24. The highest BCUT2D eigenvalue weighted by molar-refractivity contribution is 6.33. The van der Waals surface area contributed by atoms with Gasteiger partial charge in [-0.25, -0.2) is 0 Å². The molecule has 2 fully saturated rings. The number of hydrogen-bond donors (Lipinski definition) is 2. The van der Waals surface area contributed by atoms with Gasteiger partial charge in [-0.05, 0) is 50.0 Å². The van der Waals surface area contributed by atoms with Gasteiger partial charge >= 0.3 is 0 Å². The van der Waals surface area contributed by atoms with Crippen molar-refractivity contribution in [2.75, 3.05) is 53.3 Å². The molecule has 3 atom stereocenters. The van der Waals surface area contributed by atoms with Gasteiger partial charge in [-0.1, -0.05) is 61.3 Å². The molecule has 1 aromatic rings. The van der Waals surface area contributed by atoms with Crippen molar-refractivity contribution in [3.63, 3.8) is 0 Å². The molecule has 40 heavy (non-hydrogen) atoms. The summed E-state index contributed by atoms with van der Waals surface area (Å²) >= 11 is 6.56. The number of phenols is 1. The van der Waals surface area contributed by atoms with Crippen molar-refractivity contribution in [3.8, 4) is 11.5 Å². The molecule has 8 nitrogen and oxygen atoms in total. The lowest BCUT2D eigenvalue weighted by Crippen LogP contribution is -2.40. The largest absolute Gasteiger partial charge is 0.507 e. The van der Waals surface area contributed by atoms with Gasteiger partial charge < -0.3 is 24.5 Å². The molecule has 0 aromatic heterocycles. The number of phenolic OH excluding ortho intramolecular Hbond substituents is 1. The fraction of sp³-hybridized carbons (Fsp3) is 0.613. The van der Waals surface area contributed by atoms with Crippen molar-refractivity contribution in [1.29, 1.82) is 0 Å². The van der Waals surface area contributed by atoms with Crippen LogP contribution in [0.25, 0.3) is 0 Å². The van der Waals surface area contributed by atoms with Gasteiger partial charge in [0.1, 0.15) is 24.8 Å². The molecule has 1 saturated carbocycles. The summed E-state index contributed by atoms with van der Waals surface area (Å²) in [6.07, 6.45) is 10.4. The third-order valence-electron chi connectivity index (χ3n) is 8.70. The number of allylic oxidation sites excluding steroid dienone is 4. The van der Waals surface area contributed by atoms with E-state index in [-0.39, 0.29) is 23.8 Å². The van der Waals surface area contributed by atoms with E-state index in [1.165, 1.54) is 6.21 Å². The standard InChI is InChI=1S/C31H46ClN3O5/c1-21(7-9-25-29(37)26(19-33-20-36)23(3)28(32)30(25)38-6)11-12-31(5)22(2)8-10-27(24(31)4)34-40-18-15-35-13-16-39-17-14-35/h7,11-12,19,22,24,36-37H,8-10,13-18,20H2,1-6H3/b12-11+,21-7+,33-19+,34-27+/t22-,24+,31+/m1/s1. The van der Waals surface area contributed by atoms with Gasteiger partial charge in [0.2, 0.25) is 0 Å². The zero-order chi connectivity index (χ0) is 29.3. The molecule has 1 aliphatic carbocycles. The van der Waals surface area contributed by atoms with Crippen molar-refractivity contribution in [3.05, 3.63) is 45.5 Å². The van der Waals surface area contributed by atoms with E-state index >= 15 is 0 Å². The number of nitrogens with zero attached hydrogens (tertiary/aromatic N) is 3. The van der Waals surface area contributed by atoms with E-state index in [0.717, 1.165) is 57.0 Å². The molecule has 2 aliphatic rings. The van der Waals surface area contributed by atoms with E-state index in [4.69, 9.17) is 31.0 Å². The Balaban J connectivity index is 1.72. The van der Waals surface area contributed by atoms with Crippen LogP contribution in [0.4, 0.5) is 0 Å². The molecule has 1 heterocycles. The maximum Gasteiger partial charge on any atom is 0.144 e. The minimum absolute atomic E-state index is 0.0555. The van der Waals surface area contributed by atoms with E-state index in [1.54, 1.807) is 14.0 Å². The van der Waals surface area contributed by atoms with Gasteiger partial charge in [-0.3, -0.25) is 9.89 Å². The number of aromatic hydroxyl groups is 1. The number of hydrogen-bond acceptors (Lipinski definition) is 8. The third kappa shape index (κ3) is 7.66. The molecular weight excluding hydrogens is 530 g/mol. The van der Waals surface area contributed by atoms with Crippen molar-refractivity contribution < 1.29 is 24.5 Å². The Bertz CT molecular complexity index is 1130. The fourth-order valence-corrected chi connectivity index (χ4v) is 5.73. The number of aliphatic hydroxyl groups excluding tert-OH is 1. The molecule has 0 bridgehead atoms. The Hall–Kier alpha value is -2.39. The number of aliphatic hydroxyl groups is 1. The predicted octanol–water partition coefficient (Wildman–Crippen LogP) is 5.55. The first-order chi connectivity index (χ1) is 19.1. The highest BCUT2D eigenvalue weighted by Crippen LogP contribution is 2.45. The molecule has 222 valence electrons. The molecule has 3 rings (SSSR count). The minimum atomic E-state index is -0.371. The van der Waals surface area contributed by atoms with Crippen LogP contribution in [0.5, 0.6) is 11.5 Å². The molecule has 1 aromatic carbocycles. The number of oxime groups is 1. The van der Waals surface area contributed by atoms with Crippen LogP contribution in [0.15, 0.2) is 33.9 Å². The zero-order valence-electron chi connectivity index (χ0n) is 24.9. The van der Waals surface area contributed by atoms with E-state index in [9.17, 15) is 5.11 Å². The number of ether oxygens (including phenoxy) is 2. The molecule has 0 unspecified atom stereocenters. The minimum Gasteiger partial charge on any atom is -0.507 e. The van der Waals surface area contributed by atoms with Crippen LogP contribution in [0.3, 0.4) is 0 Å². The van der Waals surface area contributed by atoms with Crippen molar-refractivity contribution in [1.82, 2.24) is 4.90 Å². The smallest absolute Gasteiger partial charge is 0.144 e. The zero-order valence-corrected chi connectivity index (χ0v) is 25.6. The maximum atomic E-state index is 11.0. The highest BCUT2D eigenvalue weighted by atomic mass is 35.5. The second-order valence-corrected chi connectivity index (χ2v) is 11.4. The summed E-state index contributed by atoms with van der Waals surface area (Å²) in [4.78, 5) is 12.0. The molecule has 1 saturated heterocycles. The molecule has 0 radical (unpaired) electrons. The summed E-state index contributed by atoms with van der Waals surface area (Å²) in [5, 5.41) is 25.1. The second-order valence-electron chi connectivity index (χ2n) is 11.0. The molecule has 0 spiro atoms. The highest BCUT2D eigenvalue weighted by Gasteiger charge is 2.41. The summed E-state index contributed by atoms with van der Waals surface area (Å²) in [6.45, 7) is 15.3. The van der Waals surface area contributed by atoms with Gasteiger partial charge in [-0.15, -0.1) is 0 Å². The quantitative estimate of drug-likeness (QED) is 0.155.